The average Bonchev–Trinajstić information content (AvgIpc) is 2.72. The fourth-order valence-electron chi connectivity index (χ4n) is 1.69. The van der Waals surface area contributed by atoms with Crippen molar-refractivity contribution in [1.29, 1.82) is 0 Å². The first-order valence-corrected chi connectivity index (χ1v) is 6.48. The molecule has 2 aromatic rings. The predicted octanol–water partition coefficient (Wildman–Crippen LogP) is 2.59. The summed E-state index contributed by atoms with van der Waals surface area (Å²) >= 11 is 11.9. The molecule has 1 aromatic heterocycles. The summed E-state index contributed by atoms with van der Waals surface area (Å²) in [6.45, 7) is 0.647. The molecule has 0 atom stereocenters. The minimum Gasteiger partial charge on any atom is -0.330 e. The van der Waals surface area contributed by atoms with Crippen LogP contribution in [0, 0.1) is 0 Å². The van der Waals surface area contributed by atoms with Crippen LogP contribution in [0.2, 0.25) is 10.0 Å². The van der Waals surface area contributed by atoms with Gasteiger partial charge in [0.15, 0.2) is 5.82 Å². The lowest BCUT2D eigenvalue weighted by Crippen LogP contribution is -2.01. The maximum Gasteiger partial charge on any atom is 0.150 e. The summed E-state index contributed by atoms with van der Waals surface area (Å²) in [6.07, 6.45) is 2.32. The monoisotopic (exact) mass is 284 g/mol. The van der Waals surface area contributed by atoms with Gasteiger partial charge in [-0.05, 0) is 36.7 Å². The molecule has 0 amide bonds. The third-order valence-electron chi connectivity index (χ3n) is 2.48. The van der Waals surface area contributed by atoms with Crippen molar-refractivity contribution < 1.29 is 0 Å². The van der Waals surface area contributed by atoms with Gasteiger partial charge in [-0.3, -0.25) is 5.10 Å². The Kier molecular flexibility index (Phi) is 4.58. The van der Waals surface area contributed by atoms with Gasteiger partial charge in [0.05, 0.1) is 0 Å². The molecule has 96 valence electrons. The first kappa shape index (κ1) is 13.3. The van der Waals surface area contributed by atoms with Crippen molar-refractivity contribution in [2.45, 2.75) is 19.3 Å². The van der Waals surface area contributed by atoms with E-state index in [9.17, 15) is 0 Å². The highest BCUT2D eigenvalue weighted by atomic mass is 35.5. The lowest BCUT2D eigenvalue weighted by Gasteiger charge is -2.00. The zero-order chi connectivity index (χ0) is 13.0. The SMILES string of the molecule is NCCCc1n[nH]c(Cc2cc(Cl)cc(Cl)c2)n1. The van der Waals surface area contributed by atoms with Crippen LogP contribution < -0.4 is 5.73 Å². The Bertz CT molecular complexity index is 504. The van der Waals surface area contributed by atoms with Crippen molar-refractivity contribution in [2.24, 2.45) is 5.73 Å². The van der Waals surface area contributed by atoms with E-state index in [2.05, 4.69) is 15.2 Å². The quantitative estimate of drug-likeness (QED) is 0.887. The summed E-state index contributed by atoms with van der Waals surface area (Å²) in [4.78, 5) is 4.39. The Balaban J connectivity index is 2.06. The molecule has 1 aromatic carbocycles. The van der Waals surface area contributed by atoms with E-state index in [-0.39, 0.29) is 0 Å². The number of nitrogens with two attached hydrogens (primary N) is 1. The minimum atomic E-state index is 0.625. The van der Waals surface area contributed by atoms with Gasteiger partial charge in [0.2, 0.25) is 0 Å². The molecule has 0 radical (unpaired) electrons. The molecule has 0 aliphatic heterocycles. The normalized spacial score (nSPS) is 10.8. The summed E-state index contributed by atoms with van der Waals surface area (Å²) in [5, 5.41) is 8.30. The van der Waals surface area contributed by atoms with E-state index in [1.165, 1.54) is 0 Å². The molecule has 2 rings (SSSR count). The molecule has 0 fully saturated rings. The molecule has 0 saturated heterocycles. The molecule has 18 heavy (non-hydrogen) atoms. The van der Waals surface area contributed by atoms with E-state index in [4.69, 9.17) is 28.9 Å². The molecule has 0 saturated carbocycles. The van der Waals surface area contributed by atoms with Crippen LogP contribution in [0.3, 0.4) is 0 Å². The van der Waals surface area contributed by atoms with E-state index >= 15 is 0 Å². The third-order valence-corrected chi connectivity index (χ3v) is 2.91. The zero-order valence-corrected chi connectivity index (χ0v) is 11.3. The summed E-state index contributed by atoms with van der Waals surface area (Å²) in [5.41, 5.74) is 6.45. The van der Waals surface area contributed by atoms with Crippen LogP contribution in [0.1, 0.15) is 23.6 Å². The highest BCUT2D eigenvalue weighted by Gasteiger charge is 2.05. The van der Waals surface area contributed by atoms with Gasteiger partial charge in [0.25, 0.3) is 0 Å². The highest BCUT2D eigenvalue weighted by molar-refractivity contribution is 6.34. The second-order valence-corrected chi connectivity index (χ2v) is 4.92. The molecule has 0 aliphatic carbocycles. The number of H-pyrrole nitrogens is 1. The van der Waals surface area contributed by atoms with E-state index < -0.39 is 0 Å². The number of aromatic nitrogens is 3. The topological polar surface area (TPSA) is 67.6 Å². The molecule has 0 unspecified atom stereocenters. The number of nitrogens with zero attached hydrogens (tertiary/aromatic N) is 2. The standard InChI is InChI=1S/C12H14Cl2N4/c13-9-4-8(5-10(14)7-9)6-12-16-11(17-18-12)2-1-3-15/h4-5,7H,1-3,6,15H2,(H,16,17,18). The van der Waals surface area contributed by atoms with Crippen LogP contribution in [0.4, 0.5) is 0 Å². The first-order chi connectivity index (χ1) is 8.67. The van der Waals surface area contributed by atoms with E-state index in [0.717, 1.165) is 30.1 Å². The number of halogens is 2. The summed E-state index contributed by atoms with van der Waals surface area (Å²) in [7, 11) is 0. The average molecular weight is 285 g/mol. The molecular weight excluding hydrogens is 271 g/mol. The Morgan fingerprint density at radius 1 is 1.17 bits per heavy atom. The van der Waals surface area contributed by atoms with Crippen molar-refractivity contribution in [2.75, 3.05) is 6.54 Å². The second-order valence-electron chi connectivity index (χ2n) is 4.05. The lowest BCUT2D eigenvalue weighted by atomic mass is 10.1. The Morgan fingerprint density at radius 2 is 1.89 bits per heavy atom. The van der Waals surface area contributed by atoms with Crippen LogP contribution in [0.25, 0.3) is 0 Å². The third kappa shape index (κ3) is 3.70. The van der Waals surface area contributed by atoms with Crippen LogP contribution in [0.5, 0.6) is 0 Å². The smallest absolute Gasteiger partial charge is 0.150 e. The first-order valence-electron chi connectivity index (χ1n) is 5.72. The second kappa shape index (κ2) is 6.18. The Hall–Kier alpha value is -1.10. The molecule has 4 nitrogen and oxygen atoms in total. The molecular formula is C12H14Cl2N4. The zero-order valence-electron chi connectivity index (χ0n) is 9.79. The van der Waals surface area contributed by atoms with Gasteiger partial charge >= 0.3 is 0 Å². The van der Waals surface area contributed by atoms with Crippen molar-refractivity contribution in [1.82, 2.24) is 15.2 Å². The number of benzene rings is 1. The van der Waals surface area contributed by atoms with Gasteiger partial charge < -0.3 is 5.73 Å². The molecule has 3 N–H and O–H groups in total. The van der Waals surface area contributed by atoms with Gasteiger partial charge in [-0.15, -0.1) is 0 Å². The summed E-state index contributed by atoms with van der Waals surface area (Å²) in [5.74, 6) is 1.60. The molecule has 0 aliphatic rings. The largest absolute Gasteiger partial charge is 0.330 e. The van der Waals surface area contributed by atoms with Crippen molar-refractivity contribution >= 4 is 23.2 Å². The lowest BCUT2D eigenvalue weighted by molar-refractivity contribution is 0.785. The van der Waals surface area contributed by atoms with Crippen LogP contribution in [0.15, 0.2) is 18.2 Å². The van der Waals surface area contributed by atoms with Gasteiger partial charge in [0.1, 0.15) is 5.82 Å². The number of hydrogen-bond donors (Lipinski definition) is 2. The van der Waals surface area contributed by atoms with E-state index in [1.54, 1.807) is 6.07 Å². The maximum absolute atomic E-state index is 5.95. The Morgan fingerprint density at radius 3 is 2.56 bits per heavy atom. The predicted molar refractivity (Wildman–Crippen MR) is 73.0 cm³/mol. The fraction of sp³-hybridized carbons (Fsp3) is 0.333. The van der Waals surface area contributed by atoms with Crippen molar-refractivity contribution in [3.05, 3.63) is 45.5 Å². The van der Waals surface area contributed by atoms with Crippen LogP contribution in [-0.4, -0.2) is 21.7 Å². The maximum atomic E-state index is 5.95. The summed E-state index contributed by atoms with van der Waals surface area (Å²) < 4.78 is 0. The Labute approximate surface area is 116 Å². The molecule has 0 spiro atoms. The van der Waals surface area contributed by atoms with Crippen molar-refractivity contribution in [3.8, 4) is 0 Å². The van der Waals surface area contributed by atoms with E-state index in [1.807, 2.05) is 12.1 Å². The molecule has 6 heteroatoms. The molecule has 0 bridgehead atoms. The number of nitrogens with one attached hydrogen (secondary N) is 1. The number of rotatable bonds is 5. The van der Waals surface area contributed by atoms with Gasteiger partial charge in [-0.25, -0.2) is 4.98 Å². The van der Waals surface area contributed by atoms with Gasteiger partial charge in [0, 0.05) is 22.9 Å². The number of aryl methyl sites for hydroxylation is 1. The van der Waals surface area contributed by atoms with Gasteiger partial charge in [-0.1, -0.05) is 23.2 Å². The minimum absolute atomic E-state index is 0.625. The number of aromatic amines is 1. The van der Waals surface area contributed by atoms with Crippen LogP contribution in [-0.2, 0) is 12.8 Å². The van der Waals surface area contributed by atoms with Gasteiger partial charge in [-0.2, -0.15) is 5.10 Å². The van der Waals surface area contributed by atoms with Crippen LogP contribution >= 0.6 is 23.2 Å². The number of hydrogen-bond acceptors (Lipinski definition) is 3. The van der Waals surface area contributed by atoms with Crippen molar-refractivity contribution in [3.63, 3.8) is 0 Å². The van der Waals surface area contributed by atoms with E-state index in [0.29, 0.717) is 23.0 Å². The fourth-order valence-corrected chi connectivity index (χ4v) is 2.26. The molecule has 1 heterocycles. The summed E-state index contributed by atoms with van der Waals surface area (Å²) in [6, 6.07) is 5.45. The highest BCUT2D eigenvalue weighted by Crippen LogP contribution is 2.20.